The summed E-state index contributed by atoms with van der Waals surface area (Å²) >= 11 is 0. The zero-order valence-electron chi connectivity index (χ0n) is 26.3. The Morgan fingerprint density at radius 2 is 1.68 bits per heavy atom. The topological polar surface area (TPSA) is 80.7 Å². The summed E-state index contributed by atoms with van der Waals surface area (Å²) in [5.41, 5.74) is 0.0405. The largest absolute Gasteiger partial charge is 0.368 e. The fourth-order valence-corrected chi connectivity index (χ4v) is 11.1. The molecule has 5 rings (SSSR count). The lowest BCUT2D eigenvalue weighted by atomic mass is 9.36. The Balaban J connectivity index is 1.42. The highest BCUT2D eigenvalue weighted by molar-refractivity contribution is 6.22. The molecule has 0 saturated heterocycles. The van der Waals surface area contributed by atoms with Crippen LogP contribution in [0.3, 0.4) is 0 Å². The molecule has 5 nitrogen and oxygen atoms in total. The molecule has 0 aromatic carbocycles. The number of carbonyl (C=O) groups excluding carboxylic acids is 3. The molecule has 40 heavy (non-hydrogen) atoms. The molecule has 224 valence electrons. The SMILES string of the molecule is CC(=O)C1=C(C)CC2(C)CC3(C)CC4C(CC(O)OC5CCC(C)CC5)CCC(C)C4C(=O)C3C(C)C2(C)C1=O. The maximum atomic E-state index is 14.6. The van der Waals surface area contributed by atoms with E-state index in [1.165, 1.54) is 6.92 Å². The maximum absolute atomic E-state index is 14.6. The average Bonchev–Trinajstić information content (AvgIpc) is 2.84. The number of Topliss-reactive ketones (excluding diaryl/α,β-unsaturated/α-hetero) is 3. The number of carbonyl (C=O) groups is 3. The highest BCUT2D eigenvalue weighted by atomic mass is 16.6. The van der Waals surface area contributed by atoms with E-state index in [1.54, 1.807) is 0 Å². The first-order valence-electron chi connectivity index (χ1n) is 16.3. The van der Waals surface area contributed by atoms with Crippen molar-refractivity contribution in [2.24, 2.45) is 57.7 Å². The minimum Gasteiger partial charge on any atom is -0.368 e. The minimum absolute atomic E-state index is 0.0294. The van der Waals surface area contributed by atoms with Crippen LogP contribution in [0.1, 0.15) is 120 Å². The highest BCUT2D eigenvalue weighted by Gasteiger charge is 2.69. The van der Waals surface area contributed by atoms with E-state index in [0.717, 1.165) is 69.3 Å². The Kier molecular flexibility index (Phi) is 7.86. The second-order valence-electron chi connectivity index (χ2n) is 15.9. The highest BCUT2D eigenvalue weighted by Crippen LogP contribution is 2.70. The average molecular weight is 555 g/mol. The number of ether oxygens (including phenoxy) is 1. The van der Waals surface area contributed by atoms with Crippen molar-refractivity contribution in [2.75, 3.05) is 0 Å². The fourth-order valence-electron chi connectivity index (χ4n) is 11.1. The van der Waals surface area contributed by atoms with Gasteiger partial charge in [-0.3, -0.25) is 14.4 Å². The summed E-state index contributed by atoms with van der Waals surface area (Å²) < 4.78 is 6.18. The first kappa shape index (κ1) is 30.1. The lowest BCUT2D eigenvalue weighted by Crippen LogP contribution is -2.66. The van der Waals surface area contributed by atoms with Gasteiger partial charge in [0, 0.05) is 23.7 Å². The van der Waals surface area contributed by atoms with Crippen LogP contribution in [0, 0.1) is 57.7 Å². The lowest BCUT2D eigenvalue weighted by Gasteiger charge is -2.66. The standard InChI is InChI=1S/C35H54O5/c1-19-9-13-25(14-10-19)40-27(37)15-24-12-11-20(2)29-26(24)17-33(6)18-34(7)16-21(3)28(23(5)36)32(39)35(34,8)22(4)30(33)31(29)38/h19-20,22,24-27,29-30,37H,9-18H2,1-8H3. The third kappa shape index (κ3) is 4.60. The summed E-state index contributed by atoms with van der Waals surface area (Å²) in [5.74, 6) is 1.38. The first-order chi connectivity index (χ1) is 18.6. The van der Waals surface area contributed by atoms with Crippen LogP contribution >= 0.6 is 0 Å². The number of aliphatic hydroxyl groups excluding tert-OH is 1. The summed E-state index contributed by atoms with van der Waals surface area (Å²) in [7, 11) is 0. The monoisotopic (exact) mass is 554 g/mol. The molecule has 5 heteroatoms. The maximum Gasteiger partial charge on any atom is 0.173 e. The van der Waals surface area contributed by atoms with Crippen LogP contribution in [0.25, 0.3) is 0 Å². The van der Waals surface area contributed by atoms with Crippen molar-refractivity contribution in [3.05, 3.63) is 11.1 Å². The van der Waals surface area contributed by atoms with Crippen LogP contribution in [0.15, 0.2) is 11.1 Å². The Bertz CT molecular complexity index is 1080. The quantitative estimate of drug-likeness (QED) is 0.290. The molecule has 0 amide bonds. The third-order valence-electron chi connectivity index (χ3n) is 13.2. The molecule has 0 radical (unpaired) electrons. The number of allylic oxidation sites excluding steroid dienone is 2. The van der Waals surface area contributed by atoms with Crippen molar-refractivity contribution in [3.8, 4) is 0 Å². The second kappa shape index (κ2) is 10.4. The Hall–Kier alpha value is -1.33. The molecule has 0 aromatic heterocycles. The Morgan fingerprint density at radius 1 is 1.02 bits per heavy atom. The van der Waals surface area contributed by atoms with E-state index < -0.39 is 11.7 Å². The van der Waals surface area contributed by atoms with Gasteiger partial charge in [-0.15, -0.1) is 0 Å². The molecule has 10 unspecified atom stereocenters. The van der Waals surface area contributed by atoms with Crippen molar-refractivity contribution < 1.29 is 24.2 Å². The molecule has 0 aliphatic heterocycles. The number of hydrogen-bond acceptors (Lipinski definition) is 5. The fraction of sp³-hybridized carbons (Fsp3) is 0.857. The van der Waals surface area contributed by atoms with E-state index in [-0.39, 0.29) is 58.1 Å². The van der Waals surface area contributed by atoms with Crippen LogP contribution < -0.4 is 0 Å². The van der Waals surface area contributed by atoms with Gasteiger partial charge in [-0.25, -0.2) is 0 Å². The molecule has 0 aromatic rings. The van der Waals surface area contributed by atoms with Crippen molar-refractivity contribution in [1.82, 2.24) is 0 Å². The molecule has 0 spiro atoms. The number of fused-ring (bicyclic) bond motifs is 3. The van der Waals surface area contributed by atoms with Crippen LogP contribution in [0.2, 0.25) is 0 Å². The van der Waals surface area contributed by atoms with E-state index in [1.807, 2.05) is 6.92 Å². The zero-order chi connectivity index (χ0) is 29.4. The zero-order valence-corrected chi connectivity index (χ0v) is 26.3. The van der Waals surface area contributed by atoms with Gasteiger partial charge in [0.05, 0.1) is 11.7 Å². The van der Waals surface area contributed by atoms with Crippen molar-refractivity contribution in [1.29, 1.82) is 0 Å². The van der Waals surface area contributed by atoms with E-state index >= 15 is 0 Å². The van der Waals surface area contributed by atoms with Gasteiger partial charge in [0.25, 0.3) is 0 Å². The minimum atomic E-state index is -0.766. The molecular formula is C35H54O5. The summed E-state index contributed by atoms with van der Waals surface area (Å²) in [6.07, 6.45) is 8.91. The first-order valence-corrected chi connectivity index (χ1v) is 16.3. The summed E-state index contributed by atoms with van der Waals surface area (Å²) in [5, 5.41) is 11.1. The van der Waals surface area contributed by atoms with E-state index in [9.17, 15) is 19.5 Å². The number of rotatable bonds is 5. The van der Waals surface area contributed by atoms with Gasteiger partial charge in [-0.2, -0.15) is 0 Å². The summed E-state index contributed by atoms with van der Waals surface area (Å²) in [4.78, 5) is 41.3. The Labute approximate surface area is 242 Å². The number of hydrogen-bond donors (Lipinski definition) is 1. The molecule has 10 atom stereocenters. The number of aliphatic hydroxyl groups is 1. The predicted octanol–water partition coefficient (Wildman–Crippen LogP) is 7.09. The van der Waals surface area contributed by atoms with E-state index in [0.29, 0.717) is 23.7 Å². The molecule has 4 fully saturated rings. The van der Waals surface area contributed by atoms with Gasteiger partial charge in [0.1, 0.15) is 5.78 Å². The molecule has 5 aliphatic carbocycles. The molecule has 5 aliphatic rings. The van der Waals surface area contributed by atoms with Crippen LogP contribution in [-0.4, -0.2) is 34.9 Å². The van der Waals surface area contributed by atoms with Gasteiger partial charge < -0.3 is 9.84 Å². The predicted molar refractivity (Wildman–Crippen MR) is 156 cm³/mol. The van der Waals surface area contributed by atoms with Gasteiger partial charge >= 0.3 is 0 Å². The van der Waals surface area contributed by atoms with Gasteiger partial charge in [-0.05, 0) is 112 Å². The molecular weight excluding hydrogens is 500 g/mol. The third-order valence-corrected chi connectivity index (χ3v) is 13.2. The van der Waals surface area contributed by atoms with Crippen molar-refractivity contribution in [2.45, 2.75) is 132 Å². The van der Waals surface area contributed by atoms with Crippen molar-refractivity contribution >= 4 is 17.3 Å². The lowest BCUT2D eigenvalue weighted by molar-refractivity contribution is -0.195. The van der Waals surface area contributed by atoms with Gasteiger partial charge in [-0.1, -0.05) is 47.1 Å². The van der Waals surface area contributed by atoms with Crippen molar-refractivity contribution in [3.63, 3.8) is 0 Å². The Morgan fingerprint density at radius 3 is 2.30 bits per heavy atom. The van der Waals surface area contributed by atoms with Crippen LogP contribution in [0.4, 0.5) is 0 Å². The summed E-state index contributed by atoms with van der Waals surface area (Å²) in [6, 6.07) is 0. The van der Waals surface area contributed by atoms with Gasteiger partial charge in [0.2, 0.25) is 0 Å². The smallest absolute Gasteiger partial charge is 0.173 e. The molecule has 4 saturated carbocycles. The molecule has 1 N–H and O–H groups in total. The summed E-state index contributed by atoms with van der Waals surface area (Å²) in [6.45, 7) is 16.7. The normalized spacial score (nSPS) is 48.2. The molecule has 0 bridgehead atoms. The van der Waals surface area contributed by atoms with Crippen LogP contribution in [-0.2, 0) is 19.1 Å². The van der Waals surface area contributed by atoms with E-state index in [4.69, 9.17) is 4.74 Å². The van der Waals surface area contributed by atoms with Crippen LogP contribution in [0.5, 0.6) is 0 Å². The van der Waals surface area contributed by atoms with Gasteiger partial charge in [0.15, 0.2) is 17.9 Å². The second-order valence-corrected chi connectivity index (χ2v) is 15.9. The molecule has 0 heterocycles. The number of ketones is 3. The van der Waals surface area contributed by atoms with E-state index in [2.05, 4.69) is 41.5 Å².